The Labute approximate surface area is 175 Å². The first kappa shape index (κ1) is 24.2. The van der Waals surface area contributed by atoms with Crippen molar-refractivity contribution in [2.45, 2.75) is 77.6 Å². The molecule has 136 valence electrons. The molecule has 0 aliphatic heterocycles. The van der Waals surface area contributed by atoms with Crippen LogP contribution < -0.4 is 41.0 Å². The van der Waals surface area contributed by atoms with Crippen LogP contribution in [0.2, 0.25) is 0 Å². The smallest absolute Gasteiger partial charge is 1.00 e. The first-order chi connectivity index (χ1) is 11.6. The Morgan fingerprint density at radius 2 is 1.36 bits per heavy atom. The molecule has 0 aliphatic rings. The summed E-state index contributed by atoms with van der Waals surface area (Å²) in [6, 6.07) is 4.87. The second-order valence-electron chi connectivity index (χ2n) is 6.53. The minimum Gasteiger partial charge on any atom is -1.00 e. The van der Waals surface area contributed by atoms with Crippen molar-refractivity contribution in [3.63, 3.8) is 0 Å². The van der Waals surface area contributed by atoms with Crippen molar-refractivity contribution >= 4 is 11.8 Å². The molecule has 0 saturated heterocycles. The molecule has 1 rings (SSSR count). The van der Waals surface area contributed by atoms with E-state index >= 15 is 0 Å². The third-order valence-electron chi connectivity index (χ3n) is 4.45. The first-order valence-corrected chi connectivity index (χ1v) is 9.28. The number of rotatable bonds is 13. The molecular formula is C20H33N2NaO2. The van der Waals surface area contributed by atoms with Gasteiger partial charge in [-0.3, -0.25) is 9.59 Å². The SMILES string of the molecule is CCCCCCCCCCCCc1cc(C(N)=O)ccc1C(N)=O.[H-].[Na+]. The molecule has 1 aromatic rings. The maximum atomic E-state index is 11.5. The average Bonchev–Trinajstić information content (AvgIpc) is 2.56. The molecule has 2 amide bonds. The van der Waals surface area contributed by atoms with Crippen molar-refractivity contribution in [3.05, 3.63) is 34.9 Å². The summed E-state index contributed by atoms with van der Waals surface area (Å²) >= 11 is 0. The molecule has 0 bridgehead atoms. The second-order valence-corrected chi connectivity index (χ2v) is 6.53. The molecule has 1 aromatic carbocycles. The average molecular weight is 356 g/mol. The van der Waals surface area contributed by atoms with E-state index in [0.717, 1.165) is 24.8 Å². The van der Waals surface area contributed by atoms with Crippen LogP contribution in [-0.4, -0.2) is 11.8 Å². The van der Waals surface area contributed by atoms with Crippen LogP contribution in [0.25, 0.3) is 0 Å². The Kier molecular flexibility index (Phi) is 13.9. The van der Waals surface area contributed by atoms with Crippen molar-refractivity contribution in [2.75, 3.05) is 0 Å². The number of unbranched alkanes of at least 4 members (excludes halogenated alkanes) is 9. The fourth-order valence-electron chi connectivity index (χ4n) is 3.00. The van der Waals surface area contributed by atoms with Gasteiger partial charge in [0.15, 0.2) is 0 Å². The van der Waals surface area contributed by atoms with Gasteiger partial charge in [-0.05, 0) is 36.6 Å². The van der Waals surface area contributed by atoms with E-state index in [0.29, 0.717) is 11.1 Å². The summed E-state index contributed by atoms with van der Waals surface area (Å²) in [6.45, 7) is 2.24. The van der Waals surface area contributed by atoms with E-state index in [9.17, 15) is 9.59 Å². The molecule has 0 atom stereocenters. The van der Waals surface area contributed by atoms with Crippen LogP contribution in [0, 0.1) is 0 Å². The molecule has 0 heterocycles. The standard InChI is InChI=1S/C20H32N2O2.Na.H/c1-2-3-4-5-6-7-8-9-10-11-12-16-15-17(19(21)23)13-14-18(16)20(22)24;;/h13-15H,2-12H2,1H3,(H2,21,23)(H2,22,24);;/q;+1;-1. The number of carbonyl (C=O) groups is 2. The van der Waals surface area contributed by atoms with Crippen molar-refractivity contribution in [1.29, 1.82) is 0 Å². The van der Waals surface area contributed by atoms with Gasteiger partial charge in [0.05, 0.1) is 0 Å². The molecule has 0 spiro atoms. The van der Waals surface area contributed by atoms with Crippen molar-refractivity contribution in [3.8, 4) is 0 Å². The van der Waals surface area contributed by atoms with Crippen LogP contribution in [0.5, 0.6) is 0 Å². The van der Waals surface area contributed by atoms with Crippen LogP contribution in [0.15, 0.2) is 18.2 Å². The van der Waals surface area contributed by atoms with Gasteiger partial charge < -0.3 is 12.9 Å². The number of primary amides is 2. The number of benzene rings is 1. The van der Waals surface area contributed by atoms with E-state index in [1.54, 1.807) is 18.2 Å². The summed E-state index contributed by atoms with van der Waals surface area (Å²) in [6.07, 6.45) is 13.4. The summed E-state index contributed by atoms with van der Waals surface area (Å²) in [5.74, 6) is -0.927. The van der Waals surface area contributed by atoms with E-state index in [2.05, 4.69) is 6.92 Å². The number of nitrogens with two attached hydrogens (primary N) is 2. The first-order valence-electron chi connectivity index (χ1n) is 9.28. The summed E-state index contributed by atoms with van der Waals surface area (Å²) in [5.41, 5.74) is 12.5. The molecule has 0 aromatic heterocycles. The molecule has 0 aliphatic carbocycles. The Morgan fingerprint density at radius 3 is 1.84 bits per heavy atom. The number of carbonyl (C=O) groups excluding carboxylic acids is 2. The van der Waals surface area contributed by atoms with Gasteiger partial charge in [-0.25, -0.2) is 0 Å². The molecule has 0 fully saturated rings. The minimum atomic E-state index is -0.477. The minimum absolute atomic E-state index is 0. The maximum Gasteiger partial charge on any atom is 1.00 e. The fourth-order valence-corrected chi connectivity index (χ4v) is 3.00. The van der Waals surface area contributed by atoms with Crippen molar-refractivity contribution in [2.24, 2.45) is 11.5 Å². The summed E-state index contributed by atoms with van der Waals surface area (Å²) in [4.78, 5) is 22.8. The summed E-state index contributed by atoms with van der Waals surface area (Å²) < 4.78 is 0. The predicted octanol–water partition coefficient (Wildman–Crippen LogP) is 1.46. The number of hydrogen-bond acceptors (Lipinski definition) is 2. The van der Waals surface area contributed by atoms with Gasteiger partial charge in [-0.1, -0.05) is 64.7 Å². The maximum absolute atomic E-state index is 11.5. The zero-order valence-electron chi connectivity index (χ0n) is 17.0. The van der Waals surface area contributed by atoms with Crippen molar-refractivity contribution < 1.29 is 40.6 Å². The molecular weight excluding hydrogens is 323 g/mol. The third kappa shape index (κ3) is 10.0. The topological polar surface area (TPSA) is 86.2 Å². The largest absolute Gasteiger partial charge is 1.00 e. The monoisotopic (exact) mass is 356 g/mol. The number of hydrogen-bond donors (Lipinski definition) is 2. The van der Waals surface area contributed by atoms with Gasteiger partial charge in [0.1, 0.15) is 0 Å². The second kappa shape index (κ2) is 14.3. The molecule has 0 radical (unpaired) electrons. The van der Waals surface area contributed by atoms with E-state index in [1.165, 1.54) is 51.4 Å². The summed E-state index contributed by atoms with van der Waals surface area (Å²) in [7, 11) is 0. The van der Waals surface area contributed by atoms with Gasteiger partial charge in [0, 0.05) is 11.1 Å². The zero-order chi connectivity index (χ0) is 17.8. The number of amides is 2. The fraction of sp³-hybridized carbons (Fsp3) is 0.600. The summed E-state index contributed by atoms with van der Waals surface area (Å²) in [5, 5.41) is 0. The van der Waals surface area contributed by atoms with Crippen LogP contribution in [-0.2, 0) is 6.42 Å². The Bertz CT molecular complexity index is 539. The van der Waals surface area contributed by atoms with E-state index in [1.807, 2.05) is 0 Å². The van der Waals surface area contributed by atoms with E-state index in [-0.39, 0.29) is 31.0 Å². The van der Waals surface area contributed by atoms with Crippen LogP contribution >= 0.6 is 0 Å². The quantitative estimate of drug-likeness (QED) is 0.414. The third-order valence-corrected chi connectivity index (χ3v) is 4.45. The van der Waals surface area contributed by atoms with Gasteiger partial charge in [0.25, 0.3) is 0 Å². The molecule has 5 heteroatoms. The molecule has 4 N–H and O–H groups in total. The predicted molar refractivity (Wildman–Crippen MR) is 100 cm³/mol. The van der Waals surface area contributed by atoms with Gasteiger partial charge >= 0.3 is 29.6 Å². The van der Waals surface area contributed by atoms with Crippen LogP contribution in [0.3, 0.4) is 0 Å². The Hall–Kier alpha value is -0.840. The molecule has 0 saturated carbocycles. The van der Waals surface area contributed by atoms with Crippen LogP contribution in [0.4, 0.5) is 0 Å². The van der Waals surface area contributed by atoms with E-state index < -0.39 is 11.8 Å². The van der Waals surface area contributed by atoms with Gasteiger partial charge in [-0.2, -0.15) is 0 Å². The molecule has 0 unspecified atom stereocenters. The molecule has 25 heavy (non-hydrogen) atoms. The Balaban J connectivity index is 0. The van der Waals surface area contributed by atoms with Gasteiger partial charge in [-0.15, -0.1) is 0 Å². The van der Waals surface area contributed by atoms with Crippen LogP contribution in [0.1, 0.15) is 98.8 Å². The van der Waals surface area contributed by atoms with Crippen molar-refractivity contribution in [1.82, 2.24) is 0 Å². The zero-order valence-corrected chi connectivity index (χ0v) is 18.0. The normalized spacial score (nSPS) is 10.3. The van der Waals surface area contributed by atoms with Gasteiger partial charge in [0.2, 0.25) is 11.8 Å². The Morgan fingerprint density at radius 1 is 0.840 bits per heavy atom. The van der Waals surface area contributed by atoms with E-state index in [4.69, 9.17) is 11.5 Å². The molecule has 4 nitrogen and oxygen atoms in total. The number of aryl methyl sites for hydroxylation is 1.